The van der Waals surface area contributed by atoms with Crippen LogP contribution < -0.4 is 5.32 Å². The smallest absolute Gasteiger partial charge is 0.146 e. The van der Waals surface area contributed by atoms with Crippen molar-refractivity contribution < 1.29 is 0 Å². The summed E-state index contributed by atoms with van der Waals surface area (Å²) in [5, 5.41) is 4.68. The number of aryl methyl sites for hydroxylation is 2. The van der Waals surface area contributed by atoms with E-state index in [1.165, 1.54) is 15.8 Å². The monoisotopic (exact) mass is 306 g/mol. The fourth-order valence-corrected chi connectivity index (χ4v) is 3.49. The molecule has 0 fully saturated rings. The van der Waals surface area contributed by atoms with Gasteiger partial charge in [-0.25, -0.2) is 9.97 Å². The molecule has 5 heteroatoms. The van der Waals surface area contributed by atoms with E-state index < -0.39 is 0 Å². The normalized spacial score (nSPS) is 11.5. The number of thiophene rings is 1. The molecule has 21 heavy (non-hydrogen) atoms. The molecule has 0 spiro atoms. The van der Waals surface area contributed by atoms with Crippen molar-refractivity contribution in [3.8, 4) is 0 Å². The molecule has 1 N–H and O–H groups in total. The molecule has 0 unspecified atom stereocenters. The third-order valence-electron chi connectivity index (χ3n) is 3.63. The van der Waals surface area contributed by atoms with Gasteiger partial charge in [0.25, 0.3) is 0 Å². The largest absolute Gasteiger partial charge is 0.369 e. The van der Waals surface area contributed by atoms with Gasteiger partial charge in [0, 0.05) is 11.4 Å². The van der Waals surface area contributed by atoms with E-state index in [1.807, 2.05) is 0 Å². The van der Waals surface area contributed by atoms with Gasteiger partial charge < -0.3 is 5.32 Å². The summed E-state index contributed by atoms with van der Waals surface area (Å²) in [5.74, 6) is 1.92. The number of rotatable bonds is 7. The molecule has 0 aliphatic heterocycles. The summed E-state index contributed by atoms with van der Waals surface area (Å²) in [6.07, 6.45) is 2.25. The molecule has 2 heterocycles. The first-order valence-corrected chi connectivity index (χ1v) is 8.57. The summed E-state index contributed by atoms with van der Waals surface area (Å²) in [4.78, 5) is 14.3. The van der Waals surface area contributed by atoms with Gasteiger partial charge in [0.15, 0.2) is 0 Å². The fourth-order valence-electron chi connectivity index (χ4n) is 2.44. The van der Waals surface area contributed by atoms with E-state index >= 15 is 0 Å². The number of hydrogen-bond donors (Lipinski definition) is 1. The van der Waals surface area contributed by atoms with Crippen LogP contribution in [-0.4, -0.2) is 35.0 Å². The third-order valence-corrected chi connectivity index (χ3v) is 4.74. The van der Waals surface area contributed by atoms with Crippen molar-refractivity contribution in [1.82, 2.24) is 14.9 Å². The van der Waals surface area contributed by atoms with Gasteiger partial charge in [-0.15, -0.1) is 11.3 Å². The van der Waals surface area contributed by atoms with Crippen molar-refractivity contribution in [2.75, 3.05) is 25.5 Å². The van der Waals surface area contributed by atoms with Crippen molar-refractivity contribution >= 4 is 27.4 Å². The Morgan fingerprint density at radius 3 is 2.57 bits per heavy atom. The molecule has 4 nitrogen and oxygen atoms in total. The number of anilines is 1. The molecular formula is C16H26N4S. The van der Waals surface area contributed by atoms with Gasteiger partial charge in [0.05, 0.1) is 11.9 Å². The second-order valence-electron chi connectivity index (χ2n) is 5.62. The Labute approximate surface area is 131 Å². The number of nitrogens with one attached hydrogen (secondary N) is 1. The molecule has 2 aromatic rings. The maximum absolute atomic E-state index is 4.78. The van der Waals surface area contributed by atoms with Crippen molar-refractivity contribution in [1.29, 1.82) is 0 Å². The Hall–Kier alpha value is -1.20. The summed E-state index contributed by atoms with van der Waals surface area (Å²) >= 11 is 1.77. The van der Waals surface area contributed by atoms with Gasteiger partial charge in [0.2, 0.25) is 0 Å². The molecule has 0 atom stereocenters. The Balaban J connectivity index is 2.39. The third kappa shape index (κ3) is 3.71. The average molecular weight is 306 g/mol. The number of hydrogen-bond acceptors (Lipinski definition) is 5. The Morgan fingerprint density at radius 1 is 1.14 bits per heavy atom. The maximum Gasteiger partial charge on any atom is 0.146 e. The highest BCUT2D eigenvalue weighted by Gasteiger charge is 2.15. The van der Waals surface area contributed by atoms with Crippen molar-refractivity contribution in [2.45, 2.75) is 47.1 Å². The predicted molar refractivity (Wildman–Crippen MR) is 92.3 cm³/mol. The van der Waals surface area contributed by atoms with E-state index in [-0.39, 0.29) is 0 Å². The summed E-state index contributed by atoms with van der Waals surface area (Å²) in [6, 6.07) is 0. The van der Waals surface area contributed by atoms with Crippen LogP contribution in [0.3, 0.4) is 0 Å². The first-order chi connectivity index (χ1) is 10.1. The number of nitrogens with zero attached hydrogens (tertiary/aromatic N) is 3. The van der Waals surface area contributed by atoms with E-state index in [1.54, 1.807) is 11.3 Å². The zero-order valence-corrected chi connectivity index (χ0v) is 14.6. The number of aromatic nitrogens is 2. The van der Waals surface area contributed by atoms with Crippen LogP contribution in [0.15, 0.2) is 0 Å². The Morgan fingerprint density at radius 2 is 1.90 bits per heavy atom. The summed E-state index contributed by atoms with van der Waals surface area (Å²) in [6.45, 7) is 11.5. The molecule has 116 valence electrons. The molecule has 0 aliphatic rings. The molecule has 2 aromatic heterocycles. The summed E-state index contributed by atoms with van der Waals surface area (Å²) in [7, 11) is 2.13. The van der Waals surface area contributed by atoms with Gasteiger partial charge in [-0.1, -0.05) is 13.8 Å². The predicted octanol–water partition coefficient (Wildman–Crippen LogP) is 3.97. The van der Waals surface area contributed by atoms with Crippen LogP contribution in [0.25, 0.3) is 10.2 Å². The molecule has 0 amide bonds. The highest BCUT2D eigenvalue weighted by molar-refractivity contribution is 7.18. The minimum absolute atomic E-state index is 0.806. The van der Waals surface area contributed by atoms with Crippen LogP contribution in [-0.2, 0) is 6.54 Å². The maximum atomic E-state index is 4.78. The second-order valence-corrected chi connectivity index (χ2v) is 6.82. The molecule has 0 aromatic carbocycles. The lowest BCUT2D eigenvalue weighted by Gasteiger charge is -2.15. The van der Waals surface area contributed by atoms with Crippen LogP contribution in [0.4, 0.5) is 5.82 Å². The van der Waals surface area contributed by atoms with Gasteiger partial charge in [-0.2, -0.15) is 0 Å². The lowest BCUT2D eigenvalue weighted by molar-refractivity contribution is 0.319. The topological polar surface area (TPSA) is 41.1 Å². The van der Waals surface area contributed by atoms with Gasteiger partial charge in [0.1, 0.15) is 16.5 Å². The highest BCUT2D eigenvalue weighted by Crippen LogP contribution is 2.33. The van der Waals surface area contributed by atoms with Gasteiger partial charge in [-0.3, -0.25) is 4.90 Å². The van der Waals surface area contributed by atoms with Crippen LogP contribution >= 0.6 is 11.3 Å². The van der Waals surface area contributed by atoms with E-state index in [0.29, 0.717) is 0 Å². The zero-order chi connectivity index (χ0) is 15.4. The minimum atomic E-state index is 0.806. The van der Waals surface area contributed by atoms with Crippen LogP contribution in [0.2, 0.25) is 0 Å². The molecule has 0 aliphatic carbocycles. The van der Waals surface area contributed by atoms with Crippen molar-refractivity contribution in [2.24, 2.45) is 0 Å². The van der Waals surface area contributed by atoms with E-state index in [2.05, 4.69) is 45.0 Å². The summed E-state index contributed by atoms with van der Waals surface area (Å²) < 4.78 is 0. The highest BCUT2D eigenvalue weighted by atomic mass is 32.1. The molecule has 0 saturated carbocycles. The first kappa shape index (κ1) is 16.2. The Kier molecular flexibility index (Phi) is 5.53. The molecular weight excluding hydrogens is 280 g/mol. The SMILES string of the molecule is CCCNc1nc(CN(C)CCC)nc2sc(C)c(C)c12. The van der Waals surface area contributed by atoms with Gasteiger partial charge >= 0.3 is 0 Å². The van der Waals surface area contributed by atoms with Crippen LogP contribution in [0.5, 0.6) is 0 Å². The average Bonchev–Trinajstić information content (AvgIpc) is 2.71. The van der Waals surface area contributed by atoms with Crippen LogP contribution in [0.1, 0.15) is 43.0 Å². The van der Waals surface area contributed by atoms with Crippen LogP contribution in [0, 0.1) is 13.8 Å². The molecule has 0 radical (unpaired) electrons. The summed E-state index contributed by atoms with van der Waals surface area (Å²) in [5.41, 5.74) is 1.31. The Bertz CT molecular complexity index is 606. The lowest BCUT2D eigenvalue weighted by Crippen LogP contribution is -2.20. The van der Waals surface area contributed by atoms with E-state index in [0.717, 1.165) is 48.9 Å². The minimum Gasteiger partial charge on any atom is -0.369 e. The van der Waals surface area contributed by atoms with Crippen molar-refractivity contribution in [3.63, 3.8) is 0 Å². The van der Waals surface area contributed by atoms with E-state index in [4.69, 9.17) is 9.97 Å². The quantitative estimate of drug-likeness (QED) is 0.840. The molecule has 0 saturated heterocycles. The fraction of sp³-hybridized carbons (Fsp3) is 0.625. The standard InChI is InChI=1S/C16H26N4S/c1-6-8-17-15-14-11(3)12(4)21-16(14)19-13(18-15)10-20(5)9-7-2/h6-10H2,1-5H3,(H,17,18,19). The molecule has 0 bridgehead atoms. The van der Waals surface area contributed by atoms with Gasteiger partial charge in [-0.05, 0) is 45.8 Å². The molecule has 2 rings (SSSR count). The second kappa shape index (κ2) is 7.18. The number of fused-ring (bicyclic) bond motifs is 1. The lowest BCUT2D eigenvalue weighted by atomic mass is 10.2. The zero-order valence-electron chi connectivity index (χ0n) is 13.8. The van der Waals surface area contributed by atoms with E-state index in [9.17, 15) is 0 Å². The first-order valence-electron chi connectivity index (χ1n) is 7.75. The van der Waals surface area contributed by atoms with Crippen molar-refractivity contribution in [3.05, 3.63) is 16.3 Å².